The fourth-order valence-electron chi connectivity index (χ4n) is 9.80. The van der Waals surface area contributed by atoms with E-state index in [0.29, 0.717) is 0 Å². The first kappa shape index (κ1) is 27.0. The van der Waals surface area contributed by atoms with Gasteiger partial charge in [0.05, 0.1) is 11.1 Å². The summed E-state index contributed by atoms with van der Waals surface area (Å²) in [6, 6.07) is 64.0. The molecule has 232 valence electrons. The molecule has 0 radical (unpaired) electrons. The smallest absolute Gasteiger partial charge is 0.110 e. The number of fused-ring (bicyclic) bond motifs is 15. The van der Waals surface area contributed by atoms with Crippen LogP contribution in [0.25, 0.3) is 55.3 Å². The molecule has 2 atom stereocenters. The lowest BCUT2D eigenvalue weighted by molar-refractivity contribution is 0.791. The molecule has 0 N–H and O–H groups in total. The maximum absolute atomic E-state index is 2.57. The molecule has 1 spiro atoms. The average molecular weight is 652 g/mol. The number of nitrogens with zero attached hydrogens (tertiary/aromatic N) is 1. The first-order valence-corrected chi connectivity index (χ1v) is 18.3. The monoisotopic (exact) mass is 651 g/mol. The van der Waals surface area contributed by atoms with Gasteiger partial charge in [0.1, 0.15) is 5.37 Å². The minimum absolute atomic E-state index is 0.112. The summed E-state index contributed by atoms with van der Waals surface area (Å²) < 4.78 is 0. The number of rotatable bonds is 2. The van der Waals surface area contributed by atoms with Gasteiger partial charge in [-0.2, -0.15) is 0 Å². The first-order chi connectivity index (χ1) is 24.8. The van der Waals surface area contributed by atoms with Gasteiger partial charge in [-0.1, -0.05) is 151 Å². The van der Waals surface area contributed by atoms with E-state index in [4.69, 9.17) is 0 Å². The fourth-order valence-corrected chi connectivity index (χ4v) is 11.1. The minimum atomic E-state index is -0.431. The molecule has 1 nitrogen and oxygen atoms in total. The molecular weight excluding hydrogens is 623 g/mol. The van der Waals surface area contributed by atoms with Crippen molar-refractivity contribution in [3.8, 4) is 44.5 Å². The number of hydrogen-bond donors (Lipinski definition) is 0. The second-order valence-corrected chi connectivity index (χ2v) is 15.0. The van der Waals surface area contributed by atoms with Gasteiger partial charge in [-0.05, 0) is 113 Å². The van der Waals surface area contributed by atoms with E-state index in [1.807, 2.05) is 11.8 Å². The highest BCUT2D eigenvalue weighted by Gasteiger charge is 2.53. The van der Waals surface area contributed by atoms with E-state index in [1.165, 1.54) is 99.4 Å². The Labute approximate surface area is 295 Å². The predicted molar refractivity (Wildman–Crippen MR) is 208 cm³/mol. The maximum atomic E-state index is 2.57. The molecular formula is C48H29NS. The summed E-state index contributed by atoms with van der Waals surface area (Å²) in [5.74, 6) is 0. The standard InChI is InChI=1S/C48H29NS/c1-2-13-30(14-3-1)49-43-23-10-11-24-44(43)50-47(49)29-25-26-34-33-17-6-8-21-39(33)48(41(34)27-29)40-22-9-7-18-36(40)46-37-20-12-19-35-31-15-4-5-16-32(31)38(45(35)37)28-42(46)48/h1-28,47H. The molecule has 0 aromatic heterocycles. The molecule has 2 heteroatoms. The summed E-state index contributed by atoms with van der Waals surface area (Å²) >= 11 is 1.96. The van der Waals surface area contributed by atoms with Crippen LogP contribution in [0.1, 0.15) is 33.2 Å². The zero-order valence-corrected chi connectivity index (χ0v) is 27.9. The Morgan fingerprint density at radius 1 is 0.440 bits per heavy atom. The SMILES string of the molecule is c1ccc(N2c3ccccc3SC2c2ccc3c(c2)C2(c4ccccc4-3)c3ccccc3-c3c2cc2c4c(cccc34)-c3ccccc3-2)cc1. The van der Waals surface area contributed by atoms with Crippen molar-refractivity contribution < 1.29 is 0 Å². The van der Waals surface area contributed by atoms with Crippen LogP contribution in [0.5, 0.6) is 0 Å². The number of anilines is 2. The number of para-hydroxylation sites is 2. The van der Waals surface area contributed by atoms with Gasteiger partial charge in [0, 0.05) is 10.6 Å². The minimum Gasteiger partial charge on any atom is -0.323 e. The summed E-state index contributed by atoms with van der Waals surface area (Å²) in [5.41, 5.74) is 19.7. The molecule has 0 fully saturated rings. The predicted octanol–water partition coefficient (Wildman–Crippen LogP) is 12.8. The van der Waals surface area contributed by atoms with Gasteiger partial charge < -0.3 is 4.90 Å². The van der Waals surface area contributed by atoms with Gasteiger partial charge in [-0.3, -0.25) is 0 Å². The highest BCUT2D eigenvalue weighted by Crippen LogP contribution is 2.66. The summed E-state index contributed by atoms with van der Waals surface area (Å²) in [5, 5.41) is 2.86. The van der Waals surface area contributed by atoms with E-state index < -0.39 is 5.41 Å². The lowest BCUT2D eigenvalue weighted by Crippen LogP contribution is -2.26. The van der Waals surface area contributed by atoms with E-state index in [-0.39, 0.29) is 5.37 Å². The lowest BCUT2D eigenvalue weighted by atomic mass is 9.70. The van der Waals surface area contributed by atoms with Gasteiger partial charge in [0.2, 0.25) is 0 Å². The number of thioether (sulfide) groups is 1. The molecule has 50 heavy (non-hydrogen) atoms. The zero-order valence-electron chi connectivity index (χ0n) is 27.1. The fraction of sp³-hybridized carbons (Fsp3) is 0.0417. The van der Waals surface area contributed by atoms with Crippen molar-refractivity contribution in [2.45, 2.75) is 15.7 Å². The van der Waals surface area contributed by atoms with Crippen molar-refractivity contribution in [1.29, 1.82) is 0 Å². The Bertz CT molecular complexity index is 2760. The quantitative estimate of drug-likeness (QED) is 0.183. The van der Waals surface area contributed by atoms with E-state index in [2.05, 4.69) is 175 Å². The van der Waals surface area contributed by atoms with Gasteiger partial charge in [-0.25, -0.2) is 0 Å². The maximum Gasteiger partial charge on any atom is 0.110 e. The van der Waals surface area contributed by atoms with Crippen LogP contribution >= 0.6 is 11.8 Å². The highest BCUT2D eigenvalue weighted by atomic mass is 32.2. The number of hydrogen-bond acceptors (Lipinski definition) is 2. The Morgan fingerprint density at radius 2 is 1.08 bits per heavy atom. The van der Waals surface area contributed by atoms with Crippen molar-refractivity contribution in [2.75, 3.05) is 4.90 Å². The van der Waals surface area contributed by atoms with Crippen LogP contribution in [0.2, 0.25) is 0 Å². The van der Waals surface area contributed by atoms with E-state index >= 15 is 0 Å². The highest BCUT2D eigenvalue weighted by molar-refractivity contribution is 8.00. The van der Waals surface area contributed by atoms with Crippen LogP contribution < -0.4 is 4.90 Å². The Hall–Kier alpha value is -5.83. The summed E-state index contributed by atoms with van der Waals surface area (Å²) in [4.78, 5) is 3.85. The second-order valence-electron chi connectivity index (χ2n) is 13.9. The molecule has 8 aromatic carbocycles. The summed E-state index contributed by atoms with van der Waals surface area (Å²) in [6.45, 7) is 0. The van der Waals surface area contributed by atoms with Crippen LogP contribution in [-0.2, 0) is 5.41 Å². The van der Waals surface area contributed by atoms with Crippen LogP contribution in [0, 0.1) is 0 Å². The first-order valence-electron chi connectivity index (χ1n) is 17.5. The summed E-state index contributed by atoms with van der Waals surface area (Å²) in [7, 11) is 0. The zero-order chi connectivity index (χ0) is 32.6. The van der Waals surface area contributed by atoms with Crippen LogP contribution in [0.3, 0.4) is 0 Å². The molecule has 4 aliphatic rings. The third-order valence-electron chi connectivity index (χ3n) is 11.7. The van der Waals surface area contributed by atoms with Crippen molar-refractivity contribution >= 4 is 33.9 Å². The van der Waals surface area contributed by atoms with Crippen molar-refractivity contribution in [3.05, 3.63) is 198 Å². The van der Waals surface area contributed by atoms with Crippen LogP contribution in [0.4, 0.5) is 11.4 Å². The summed E-state index contributed by atoms with van der Waals surface area (Å²) in [6.07, 6.45) is 0. The van der Waals surface area contributed by atoms with Gasteiger partial charge in [-0.15, -0.1) is 0 Å². The van der Waals surface area contributed by atoms with Crippen molar-refractivity contribution in [2.24, 2.45) is 0 Å². The van der Waals surface area contributed by atoms with E-state index in [9.17, 15) is 0 Å². The molecule has 0 saturated carbocycles. The van der Waals surface area contributed by atoms with Crippen molar-refractivity contribution in [1.82, 2.24) is 0 Å². The molecule has 3 aliphatic carbocycles. The Kier molecular flexibility index (Phi) is 5.22. The molecule has 1 aliphatic heterocycles. The van der Waals surface area contributed by atoms with Crippen LogP contribution in [-0.4, -0.2) is 0 Å². The average Bonchev–Trinajstić information content (AvgIpc) is 3.90. The Morgan fingerprint density at radius 3 is 1.92 bits per heavy atom. The molecule has 0 saturated heterocycles. The van der Waals surface area contributed by atoms with E-state index in [1.54, 1.807) is 0 Å². The molecule has 2 unspecified atom stereocenters. The van der Waals surface area contributed by atoms with Gasteiger partial charge in [0.15, 0.2) is 0 Å². The normalized spacial score (nSPS) is 18.2. The van der Waals surface area contributed by atoms with Gasteiger partial charge in [0.25, 0.3) is 0 Å². The molecule has 8 aromatic rings. The van der Waals surface area contributed by atoms with E-state index in [0.717, 1.165) is 0 Å². The second kappa shape index (κ2) is 9.65. The largest absolute Gasteiger partial charge is 0.323 e. The molecule has 0 bridgehead atoms. The molecule has 12 rings (SSSR count). The van der Waals surface area contributed by atoms with Gasteiger partial charge >= 0.3 is 0 Å². The Balaban J connectivity index is 1.17. The third-order valence-corrected chi connectivity index (χ3v) is 13.0. The molecule has 0 amide bonds. The molecule has 1 heterocycles. The topological polar surface area (TPSA) is 3.24 Å². The van der Waals surface area contributed by atoms with Crippen LogP contribution in [0.15, 0.2) is 175 Å². The van der Waals surface area contributed by atoms with Crippen molar-refractivity contribution in [3.63, 3.8) is 0 Å². The third kappa shape index (κ3) is 3.21. The number of benzene rings is 8. The lowest BCUT2D eigenvalue weighted by Gasteiger charge is -2.32.